The molecule has 4 aromatic rings. The van der Waals surface area contributed by atoms with Crippen LogP contribution < -0.4 is 10.1 Å². The van der Waals surface area contributed by atoms with Gasteiger partial charge in [0.05, 0.1) is 18.7 Å². The second kappa shape index (κ2) is 13.2. The summed E-state index contributed by atoms with van der Waals surface area (Å²) in [4.78, 5) is 45.9. The van der Waals surface area contributed by atoms with Crippen molar-refractivity contribution in [2.45, 2.75) is 29.6 Å². The lowest BCUT2D eigenvalue weighted by atomic mass is 9.65. The maximum absolute atomic E-state index is 14.9. The molecule has 3 heterocycles. The van der Waals surface area contributed by atoms with Gasteiger partial charge in [-0.25, -0.2) is 0 Å². The normalized spacial score (nSPS) is 25.9. The van der Waals surface area contributed by atoms with Crippen molar-refractivity contribution < 1.29 is 33.7 Å². The van der Waals surface area contributed by atoms with Gasteiger partial charge in [0.1, 0.15) is 42.4 Å². The fourth-order valence-corrected chi connectivity index (χ4v) is 8.19. The molecule has 10 heteroatoms. The molecule has 0 bridgehead atoms. The van der Waals surface area contributed by atoms with Crippen LogP contribution in [0.3, 0.4) is 0 Å². The number of carbonyl (C=O) groups excluding carboxylic acids is 3. The van der Waals surface area contributed by atoms with Gasteiger partial charge in [-0.05, 0) is 75.2 Å². The summed E-state index contributed by atoms with van der Waals surface area (Å²) in [6.45, 7) is 3.49. The summed E-state index contributed by atoms with van der Waals surface area (Å²) >= 11 is 2.19. The van der Waals surface area contributed by atoms with Gasteiger partial charge < -0.3 is 24.6 Å². The molecule has 0 saturated carbocycles. The Balaban J connectivity index is 1.56. The minimum Gasteiger partial charge on any atom is -0.491 e. The summed E-state index contributed by atoms with van der Waals surface area (Å²) in [5, 5.41) is 12.6. The van der Waals surface area contributed by atoms with Crippen LogP contribution in [0.5, 0.6) is 5.75 Å². The molecule has 2 N–H and O–H groups in total. The van der Waals surface area contributed by atoms with Crippen LogP contribution in [0.25, 0.3) is 0 Å². The fourth-order valence-electron chi connectivity index (χ4n) is 7.70. The highest BCUT2D eigenvalue weighted by Crippen LogP contribution is 2.65. The summed E-state index contributed by atoms with van der Waals surface area (Å²) in [6.07, 6.45) is 0.688. The zero-order chi connectivity index (χ0) is 33.4. The van der Waals surface area contributed by atoms with Crippen molar-refractivity contribution in [2.75, 3.05) is 25.1 Å². The highest BCUT2D eigenvalue weighted by molar-refractivity contribution is 14.1. The monoisotopic (exact) mass is 756 g/mol. The zero-order valence-corrected chi connectivity index (χ0v) is 28.0. The Labute approximate surface area is 291 Å². The molecule has 7 rings (SSSR count). The number of cyclic esters (lactones) is 1. The number of amides is 1. The van der Waals surface area contributed by atoms with E-state index >= 15 is 0 Å². The van der Waals surface area contributed by atoms with Gasteiger partial charge in [-0.3, -0.25) is 19.3 Å². The van der Waals surface area contributed by atoms with Crippen LogP contribution in [0.2, 0.25) is 0 Å². The number of morpholine rings is 1. The molecule has 1 amide bonds. The topological polar surface area (TPSA) is 114 Å². The molecule has 0 aromatic heterocycles. The predicted molar refractivity (Wildman–Crippen MR) is 186 cm³/mol. The van der Waals surface area contributed by atoms with Crippen molar-refractivity contribution in [1.29, 1.82) is 0 Å². The number of ether oxygens (including phenoxy) is 3. The van der Waals surface area contributed by atoms with Crippen LogP contribution in [-0.4, -0.2) is 53.7 Å². The maximum atomic E-state index is 14.9. The number of hydrogen-bond acceptors (Lipinski definition) is 8. The van der Waals surface area contributed by atoms with E-state index in [1.807, 2.05) is 102 Å². The first kappa shape index (κ1) is 32.0. The summed E-state index contributed by atoms with van der Waals surface area (Å²) < 4.78 is 18.8. The highest BCUT2D eigenvalue weighted by Gasteiger charge is 2.74. The number of nitrogens with one attached hydrogen (secondary N) is 1. The van der Waals surface area contributed by atoms with Crippen molar-refractivity contribution in [3.05, 3.63) is 142 Å². The SMILES string of the molecule is C=CCOC(=O)[C@H]1[C@@H]2C(=O)O[C@@H](c3ccccc3)[C@@H](c3ccccc3)N2[C@@H](c2cccc(OCCO)c2)[C@@]12C(=O)Nc1ccc(I)cc12. The van der Waals surface area contributed by atoms with Gasteiger partial charge in [-0.1, -0.05) is 85.5 Å². The van der Waals surface area contributed by atoms with Crippen molar-refractivity contribution in [3.8, 4) is 5.75 Å². The quantitative estimate of drug-likeness (QED) is 0.128. The van der Waals surface area contributed by atoms with E-state index in [0.29, 0.717) is 22.6 Å². The molecule has 3 aliphatic heterocycles. The lowest BCUT2D eigenvalue weighted by Crippen LogP contribution is -2.52. The smallest absolute Gasteiger partial charge is 0.325 e. The van der Waals surface area contributed by atoms with E-state index in [2.05, 4.69) is 34.5 Å². The molecule has 0 radical (unpaired) electrons. The van der Waals surface area contributed by atoms with Gasteiger partial charge in [0.25, 0.3) is 0 Å². The van der Waals surface area contributed by atoms with Crippen LogP contribution in [0.4, 0.5) is 5.69 Å². The molecule has 6 atom stereocenters. The number of nitrogens with zero attached hydrogens (tertiary/aromatic N) is 1. The van der Waals surface area contributed by atoms with E-state index in [9.17, 15) is 19.5 Å². The minimum atomic E-state index is -1.62. The standard InChI is InChI=1S/C38H33IN2O7/c1-2-19-47-35(43)30-32-36(44)48-33(24-12-7-4-8-13-24)31(23-10-5-3-6-11-23)41(32)34(25-14-9-15-27(21-25)46-20-18-42)38(30)28-22-26(39)16-17-29(28)40-37(38)45/h2-17,21-22,30-34,42H,1,18-20H2,(H,40,45)/t30-,31-,32-,33+,34+,38+/m1/s1. The average molecular weight is 757 g/mol. The van der Waals surface area contributed by atoms with E-state index in [-0.39, 0.29) is 19.8 Å². The lowest BCUT2D eigenvalue weighted by molar-refractivity contribution is -0.180. The molecule has 4 aromatic carbocycles. The van der Waals surface area contributed by atoms with Gasteiger partial charge in [0.2, 0.25) is 5.91 Å². The molecule has 9 nitrogen and oxygen atoms in total. The Kier molecular flexibility index (Phi) is 8.80. The Morgan fingerprint density at radius 2 is 1.65 bits per heavy atom. The number of carbonyl (C=O) groups is 3. The highest BCUT2D eigenvalue weighted by atomic mass is 127. The van der Waals surface area contributed by atoms with Crippen molar-refractivity contribution in [2.24, 2.45) is 5.92 Å². The second-order valence-electron chi connectivity index (χ2n) is 12.0. The van der Waals surface area contributed by atoms with Crippen molar-refractivity contribution >= 4 is 46.1 Å². The largest absolute Gasteiger partial charge is 0.491 e. The van der Waals surface area contributed by atoms with E-state index in [0.717, 1.165) is 14.7 Å². The first-order valence-corrected chi connectivity index (χ1v) is 16.8. The van der Waals surface area contributed by atoms with Gasteiger partial charge >= 0.3 is 11.9 Å². The molecule has 2 fully saturated rings. The number of aliphatic hydroxyl groups is 1. The Morgan fingerprint density at radius 3 is 2.35 bits per heavy atom. The number of benzene rings is 4. The fraction of sp³-hybridized carbons (Fsp3) is 0.237. The number of aliphatic hydroxyl groups excluding tert-OH is 1. The van der Waals surface area contributed by atoms with Crippen LogP contribution in [0, 0.1) is 9.49 Å². The third-order valence-electron chi connectivity index (χ3n) is 9.40. The van der Waals surface area contributed by atoms with E-state index in [1.54, 1.807) is 6.07 Å². The van der Waals surface area contributed by atoms with Crippen LogP contribution in [0.1, 0.15) is 40.4 Å². The number of halogens is 1. The summed E-state index contributed by atoms with van der Waals surface area (Å²) in [6, 6.07) is 29.4. The molecule has 244 valence electrons. The molecule has 0 aliphatic carbocycles. The first-order chi connectivity index (χ1) is 23.4. The third kappa shape index (κ3) is 5.19. The number of esters is 2. The van der Waals surface area contributed by atoms with E-state index in [4.69, 9.17) is 14.2 Å². The number of anilines is 1. The summed E-state index contributed by atoms with van der Waals surface area (Å²) in [7, 11) is 0. The van der Waals surface area contributed by atoms with Gasteiger partial charge in [-0.2, -0.15) is 0 Å². The van der Waals surface area contributed by atoms with E-state index in [1.165, 1.54) is 6.08 Å². The predicted octanol–water partition coefficient (Wildman–Crippen LogP) is 5.66. The molecule has 1 spiro atoms. The van der Waals surface area contributed by atoms with Gasteiger partial charge in [0.15, 0.2) is 0 Å². The first-order valence-electron chi connectivity index (χ1n) is 15.7. The maximum Gasteiger partial charge on any atom is 0.325 e. The molecular formula is C38H33IN2O7. The van der Waals surface area contributed by atoms with Crippen molar-refractivity contribution in [1.82, 2.24) is 4.90 Å². The van der Waals surface area contributed by atoms with Gasteiger partial charge in [0, 0.05) is 9.26 Å². The Bertz CT molecular complexity index is 1870. The number of rotatable bonds is 9. The molecule has 48 heavy (non-hydrogen) atoms. The molecule has 3 aliphatic rings. The minimum absolute atomic E-state index is 0.0681. The lowest BCUT2D eigenvalue weighted by Gasteiger charge is -2.46. The third-order valence-corrected chi connectivity index (χ3v) is 10.1. The van der Waals surface area contributed by atoms with Crippen LogP contribution in [-0.2, 0) is 29.3 Å². The van der Waals surface area contributed by atoms with Crippen molar-refractivity contribution in [3.63, 3.8) is 0 Å². The second-order valence-corrected chi connectivity index (χ2v) is 13.2. The Morgan fingerprint density at radius 1 is 0.938 bits per heavy atom. The van der Waals surface area contributed by atoms with Crippen LogP contribution in [0.15, 0.2) is 116 Å². The number of hydrogen-bond donors (Lipinski definition) is 2. The van der Waals surface area contributed by atoms with Gasteiger partial charge in [-0.15, -0.1) is 0 Å². The number of fused-ring (bicyclic) bond motifs is 3. The molecular weight excluding hydrogens is 723 g/mol. The van der Waals surface area contributed by atoms with Crippen LogP contribution >= 0.6 is 22.6 Å². The molecule has 2 saturated heterocycles. The average Bonchev–Trinajstić information content (AvgIpc) is 3.59. The Hall–Kier alpha value is -4.52. The summed E-state index contributed by atoms with van der Waals surface area (Å²) in [5.41, 5.74) is 1.80. The summed E-state index contributed by atoms with van der Waals surface area (Å²) in [5.74, 6) is -2.57. The van der Waals surface area contributed by atoms with E-state index < -0.39 is 53.4 Å². The zero-order valence-electron chi connectivity index (χ0n) is 25.8. The molecule has 0 unspecified atom stereocenters.